The maximum absolute atomic E-state index is 11.8. The second kappa shape index (κ2) is 7.65. The van der Waals surface area contributed by atoms with E-state index in [-0.39, 0.29) is 11.9 Å². The standard InChI is InChI=1S/C18H24N4O3/c1-13(12-20-17(23)19-11-10-18(24)8-5-9-18)16-21-15(22-25-16)14-6-3-2-4-7-14/h2-4,6-7,13,24H,5,8-12H2,1H3,(H2,19,20,23). The maximum Gasteiger partial charge on any atom is 0.314 e. The van der Waals surface area contributed by atoms with Crippen LogP contribution in [0.15, 0.2) is 34.9 Å². The lowest BCUT2D eigenvalue weighted by atomic mass is 9.78. The van der Waals surface area contributed by atoms with Crippen LogP contribution < -0.4 is 10.6 Å². The lowest BCUT2D eigenvalue weighted by Crippen LogP contribution is -2.43. The Morgan fingerprint density at radius 2 is 2.08 bits per heavy atom. The molecule has 1 heterocycles. The van der Waals surface area contributed by atoms with Crippen molar-refractivity contribution in [1.82, 2.24) is 20.8 Å². The van der Waals surface area contributed by atoms with Crippen LogP contribution in [0.4, 0.5) is 4.79 Å². The summed E-state index contributed by atoms with van der Waals surface area (Å²) in [5, 5.41) is 19.5. The fraction of sp³-hybridized carbons (Fsp3) is 0.500. The normalized spacial score (nSPS) is 16.7. The average molecular weight is 344 g/mol. The summed E-state index contributed by atoms with van der Waals surface area (Å²) in [6.45, 7) is 2.78. The van der Waals surface area contributed by atoms with Crippen molar-refractivity contribution in [1.29, 1.82) is 0 Å². The van der Waals surface area contributed by atoms with Crippen LogP contribution in [-0.4, -0.2) is 40.0 Å². The molecule has 2 aromatic rings. The number of nitrogens with zero attached hydrogens (tertiary/aromatic N) is 2. The fourth-order valence-corrected chi connectivity index (χ4v) is 2.78. The molecule has 1 fully saturated rings. The van der Waals surface area contributed by atoms with Gasteiger partial charge in [0.1, 0.15) is 0 Å². The Morgan fingerprint density at radius 1 is 1.32 bits per heavy atom. The van der Waals surface area contributed by atoms with Gasteiger partial charge >= 0.3 is 6.03 Å². The van der Waals surface area contributed by atoms with Gasteiger partial charge in [0.2, 0.25) is 11.7 Å². The molecule has 2 amide bonds. The number of benzene rings is 1. The monoisotopic (exact) mass is 344 g/mol. The molecular formula is C18H24N4O3. The number of aliphatic hydroxyl groups is 1. The van der Waals surface area contributed by atoms with Gasteiger partial charge < -0.3 is 20.3 Å². The molecule has 3 rings (SSSR count). The minimum absolute atomic E-state index is 0.0912. The van der Waals surface area contributed by atoms with E-state index in [1.165, 1.54) is 0 Å². The number of hydrogen-bond donors (Lipinski definition) is 3. The summed E-state index contributed by atoms with van der Waals surface area (Å²) in [5.41, 5.74) is 0.322. The predicted octanol–water partition coefficient (Wildman–Crippen LogP) is 2.44. The van der Waals surface area contributed by atoms with Crippen LogP contribution in [0.3, 0.4) is 0 Å². The van der Waals surface area contributed by atoms with Crippen molar-refractivity contribution < 1.29 is 14.4 Å². The first-order valence-electron chi connectivity index (χ1n) is 8.69. The molecule has 1 unspecified atom stereocenters. The third-order valence-electron chi connectivity index (χ3n) is 4.62. The van der Waals surface area contributed by atoms with E-state index in [9.17, 15) is 9.90 Å². The zero-order chi connectivity index (χ0) is 17.7. The summed E-state index contributed by atoms with van der Waals surface area (Å²) in [6.07, 6.45) is 3.32. The highest BCUT2D eigenvalue weighted by Crippen LogP contribution is 2.33. The third kappa shape index (κ3) is 4.57. The maximum atomic E-state index is 11.8. The van der Waals surface area contributed by atoms with E-state index in [0.29, 0.717) is 31.2 Å². The zero-order valence-electron chi connectivity index (χ0n) is 14.4. The third-order valence-corrected chi connectivity index (χ3v) is 4.62. The van der Waals surface area contributed by atoms with Crippen LogP contribution in [0.25, 0.3) is 11.4 Å². The minimum atomic E-state index is -0.571. The van der Waals surface area contributed by atoms with Gasteiger partial charge in [-0.15, -0.1) is 0 Å². The number of rotatable bonds is 7. The van der Waals surface area contributed by atoms with Gasteiger partial charge in [-0.05, 0) is 25.7 Å². The van der Waals surface area contributed by atoms with E-state index >= 15 is 0 Å². The molecule has 0 radical (unpaired) electrons. The molecule has 0 aliphatic heterocycles. The van der Waals surface area contributed by atoms with Gasteiger partial charge in [0.15, 0.2) is 0 Å². The second-order valence-electron chi connectivity index (χ2n) is 6.69. The Morgan fingerprint density at radius 3 is 2.76 bits per heavy atom. The van der Waals surface area contributed by atoms with E-state index in [2.05, 4.69) is 20.8 Å². The molecule has 7 nitrogen and oxygen atoms in total. The molecule has 0 bridgehead atoms. The summed E-state index contributed by atoms with van der Waals surface area (Å²) < 4.78 is 5.30. The Balaban J connectivity index is 1.42. The molecule has 3 N–H and O–H groups in total. The van der Waals surface area contributed by atoms with Crippen LogP contribution in [0, 0.1) is 0 Å². The largest absolute Gasteiger partial charge is 0.390 e. The van der Waals surface area contributed by atoms with E-state index < -0.39 is 5.60 Å². The number of urea groups is 1. The van der Waals surface area contributed by atoms with Gasteiger partial charge in [-0.3, -0.25) is 0 Å². The highest BCUT2D eigenvalue weighted by molar-refractivity contribution is 5.73. The summed E-state index contributed by atoms with van der Waals surface area (Å²) in [7, 11) is 0. The number of aromatic nitrogens is 2. The molecule has 1 aliphatic rings. The fourth-order valence-electron chi connectivity index (χ4n) is 2.78. The summed E-state index contributed by atoms with van der Waals surface area (Å²) in [4.78, 5) is 16.2. The SMILES string of the molecule is CC(CNC(=O)NCCC1(O)CCC1)c1nc(-c2ccccc2)no1. The first-order chi connectivity index (χ1) is 12.1. The van der Waals surface area contributed by atoms with Crippen molar-refractivity contribution in [2.45, 2.75) is 44.1 Å². The minimum Gasteiger partial charge on any atom is -0.390 e. The number of hydrogen-bond acceptors (Lipinski definition) is 5. The van der Waals surface area contributed by atoms with Crippen LogP contribution in [0.5, 0.6) is 0 Å². The van der Waals surface area contributed by atoms with Crippen LogP contribution >= 0.6 is 0 Å². The molecule has 1 aliphatic carbocycles. The molecule has 25 heavy (non-hydrogen) atoms. The van der Waals surface area contributed by atoms with Crippen molar-refractivity contribution >= 4 is 6.03 Å². The number of amides is 2. The quantitative estimate of drug-likeness (QED) is 0.716. The van der Waals surface area contributed by atoms with Gasteiger partial charge in [0.05, 0.1) is 11.5 Å². The van der Waals surface area contributed by atoms with Crippen molar-refractivity contribution in [2.75, 3.05) is 13.1 Å². The molecule has 0 saturated heterocycles. The topological polar surface area (TPSA) is 100 Å². The second-order valence-corrected chi connectivity index (χ2v) is 6.69. The van der Waals surface area contributed by atoms with Crippen molar-refractivity contribution in [3.8, 4) is 11.4 Å². The molecule has 134 valence electrons. The molecule has 7 heteroatoms. The predicted molar refractivity (Wildman–Crippen MR) is 93.0 cm³/mol. The first kappa shape index (κ1) is 17.4. The molecule has 1 atom stereocenters. The van der Waals surface area contributed by atoms with Gasteiger partial charge in [0.25, 0.3) is 0 Å². The van der Waals surface area contributed by atoms with Crippen molar-refractivity contribution in [3.63, 3.8) is 0 Å². The van der Waals surface area contributed by atoms with Gasteiger partial charge in [0, 0.05) is 18.7 Å². The lowest BCUT2D eigenvalue weighted by molar-refractivity contribution is -0.0389. The molecule has 1 aromatic heterocycles. The highest BCUT2D eigenvalue weighted by Gasteiger charge is 2.33. The number of nitrogens with one attached hydrogen (secondary N) is 2. The summed E-state index contributed by atoms with van der Waals surface area (Å²) >= 11 is 0. The van der Waals surface area contributed by atoms with Crippen LogP contribution in [0.1, 0.15) is 44.4 Å². The van der Waals surface area contributed by atoms with Gasteiger partial charge in [-0.1, -0.05) is 42.4 Å². The van der Waals surface area contributed by atoms with Crippen molar-refractivity contribution in [3.05, 3.63) is 36.2 Å². The van der Waals surface area contributed by atoms with Crippen LogP contribution in [0.2, 0.25) is 0 Å². The Hall–Kier alpha value is -2.41. The van der Waals surface area contributed by atoms with Crippen LogP contribution in [-0.2, 0) is 0 Å². The smallest absolute Gasteiger partial charge is 0.314 e. The molecule has 0 spiro atoms. The first-order valence-corrected chi connectivity index (χ1v) is 8.69. The van der Waals surface area contributed by atoms with E-state index in [4.69, 9.17) is 4.52 Å². The molecular weight excluding hydrogens is 320 g/mol. The number of carbonyl (C=O) groups excluding carboxylic acids is 1. The number of carbonyl (C=O) groups is 1. The zero-order valence-corrected chi connectivity index (χ0v) is 14.4. The molecule has 1 saturated carbocycles. The van der Waals surface area contributed by atoms with E-state index in [1.54, 1.807) is 0 Å². The highest BCUT2D eigenvalue weighted by atomic mass is 16.5. The van der Waals surface area contributed by atoms with Crippen molar-refractivity contribution in [2.24, 2.45) is 0 Å². The Kier molecular flexibility index (Phi) is 5.33. The van der Waals surface area contributed by atoms with E-state index in [1.807, 2.05) is 37.3 Å². The Labute approximate surface area is 146 Å². The van der Waals surface area contributed by atoms with Gasteiger partial charge in [-0.2, -0.15) is 4.98 Å². The average Bonchev–Trinajstić information content (AvgIpc) is 3.09. The van der Waals surface area contributed by atoms with Gasteiger partial charge in [-0.25, -0.2) is 4.79 Å². The summed E-state index contributed by atoms with van der Waals surface area (Å²) in [6, 6.07) is 9.35. The molecule has 1 aromatic carbocycles. The summed E-state index contributed by atoms with van der Waals surface area (Å²) in [5.74, 6) is 0.940. The lowest BCUT2D eigenvalue weighted by Gasteiger charge is -2.36. The van der Waals surface area contributed by atoms with E-state index in [0.717, 1.165) is 24.8 Å². The Bertz CT molecular complexity index is 697.